The summed E-state index contributed by atoms with van der Waals surface area (Å²) in [5.74, 6) is 0. The minimum absolute atomic E-state index is 0.0116. The molecule has 1 rings (SSSR count). The Balaban J connectivity index is 3.19. The van der Waals surface area contributed by atoms with Crippen LogP contribution in [0.5, 0.6) is 0 Å². The molecule has 0 saturated carbocycles. The molecule has 1 aromatic rings. The predicted octanol–water partition coefficient (Wildman–Crippen LogP) is -2.30. The molecule has 1 aromatic carbocycles. The summed E-state index contributed by atoms with van der Waals surface area (Å²) in [5, 5.41) is 35.7. The van der Waals surface area contributed by atoms with Crippen molar-refractivity contribution in [1.29, 1.82) is 0 Å². The molecule has 0 heterocycles. The van der Waals surface area contributed by atoms with Gasteiger partial charge in [0.05, 0.1) is 0 Å². The number of benzene rings is 1. The van der Waals surface area contributed by atoms with Crippen molar-refractivity contribution in [2.45, 2.75) is 0 Å². The second-order valence-electron chi connectivity index (χ2n) is 2.52. The number of halogens is 1. The summed E-state index contributed by atoms with van der Waals surface area (Å²) in [6, 6.07) is 4.02. The van der Waals surface area contributed by atoms with Crippen LogP contribution in [0.25, 0.3) is 0 Å². The highest BCUT2D eigenvalue weighted by atomic mass is 35.5. The van der Waals surface area contributed by atoms with Crippen LogP contribution in [0.15, 0.2) is 18.2 Å². The molecule has 13 heavy (non-hydrogen) atoms. The average Bonchev–Trinajstić information content (AvgIpc) is 2.03. The Morgan fingerprint density at radius 2 is 1.46 bits per heavy atom. The molecular formula is C6H7B2ClO4. The Hall–Kier alpha value is -0.520. The van der Waals surface area contributed by atoms with E-state index in [9.17, 15) is 0 Å². The molecule has 0 radical (unpaired) electrons. The first-order valence-corrected chi connectivity index (χ1v) is 3.92. The summed E-state index contributed by atoms with van der Waals surface area (Å²) in [6.07, 6.45) is 0. The molecule has 7 heteroatoms. The molecule has 0 atom stereocenters. The van der Waals surface area contributed by atoms with Crippen molar-refractivity contribution in [3.05, 3.63) is 23.2 Å². The minimum atomic E-state index is -1.77. The fourth-order valence-corrected chi connectivity index (χ4v) is 1.18. The third kappa shape index (κ3) is 2.46. The summed E-state index contributed by atoms with van der Waals surface area (Å²) >= 11 is 5.58. The van der Waals surface area contributed by atoms with Gasteiger partial charge in [-0.2, -0.15) is 0 Å². The van der Waals surface area contributed by atoms with Crippen molar-refractivity contribution in [2.75, 3.05) is 0 Å². The first kappa shape index (κ1) is 10.6. The Labute approximate surface area is 80.7 Å². The van der Waals surface area contributed by atoms with Crippen LogP contribution in [0.4, 0.5) is 0 Å². The molecule has 0 aliphatic heterocycles. The lowest BCUT2D eigenvalue weighted by molar-refractivity contribution is 0.419. The van der Waals surface area contributed by atoms with Crippen LogP contribution in [0.1, 0.15) is 0 Å². The second kappa shape index (κ2) is 4.13. The van der Waals surface area contributed by atoms with Crippen LogP contribution in [0.2, 0.25) is 5.02 Å². The van der Waals surface area contributed by atoms with Crippen molar-refractivity contribution in [1.82, 2.24) is 0 Å². The van der Waals surface area contributed by atoms with Gasteiger partial charge in [-0.05, 0) is 23.1 Å². The highest BCUT2D eigenvalue weighted by molar-refractivity contribution is 6.71. The highest BCUT2D eigenvalue weighted by Gasteiger charge is 2.23. The lowest BCUT2D eigenvalue weighted by Gasteiger charge is -2.07. The van der Waals surface area contributed by atoms with Crippen LogP contribution in [-0.4, -0.2) is 34.3 Å². The van der Waals surface area contributed by atoms with E-state index in [4.69, 9.17) is 31.7 Å². The Kier molecular flexibility index (Phi) is 3.35. The van der Waals surface area contributed by atoms with Gasteiger partial charge in [0.15, 0.2) is 0 Å². The van der Waals surface area contributed by atoms with Gasteiger partial charge in [-0.3, -0.25) is 0 Å². The molecule has 0 aliphatic rings. The molecule has 0 spiro atoms. The standard InChI is InChI=1S/C6H7B2ClO4/c9-4-1-2-5(7(10)11)6(3-4)8(12)13/h1-3,10-13H. The van der Waals surface area contributed by atoms with Gasteiger partial charge in [0.1, 0.15) is 0 Å². The summed E-state index contributed by atoms with van der Waals surface area (Å²) < 4.78 is 0. The summed E-state index contributed by atoms with van der Waals surface area (Å²) in [6.45, 7) is 0. The molecule has 0 saturated heterocycles. The first-order chi connectivity index (χ1) is 6.02. The number of rotatable bonds is 2. The normalized spacial score (nSPS) is 9.92. The van der Waals surface area contributed by atoms with Gasteiger partial charge in [-0.25, -0.2) is 0 Å². The van der Waals surface area contributed by atoms with Crippen LogP contribution >= 0.6 is 11.6 Å². The topological polar surface area (TPSA) is 80.9 Å². The third-order valence-corrected chi connectivity index (χ3v) is 1.84. The van der Waals surface area contributed by atoms with Gasteiger partial charge in [0.2, 0.25) is 0 Å². The molecule has 0 fully saturated rings. The van der Waals surface area contributed by atoms with Crippen LogP contribution in [0.3, 0.4) is 0 Å². The Morgan fingerprint density at radius 3 is 1.92 bits per heavy atom. The molecule has 4 N–H and O–H groups in total. The monoisotopic (exact) mass is 200 g/mol. The summed E-state index contributed by atoms with van der Waals surface area (Å²) in [5.41, 5.74) is 0.0156. The quantitative estimate of drug-likeness (QED) is 0.405. The van der Waals surface area contributed by atoms with E-state index in [0.29, 0.717) is 5.02 Å². The fraction of sp³-hybridized carbons (Fsp3) is 0. The average molecular weight is 200 g/mol. The maximum atomic E-state index is 8.85. The molecule has 0 aliphatic carbocycles. The lowest BCUT2D eigenvalue weighted by atomic mass is 9.66. The van der Waals surface area contributed by atoms with Gasteiger partial charge in [0, 0.05) is 5.02 Å². The first-order valence-electron chi connectivity index (χ1n) is 3.54. The maximum Gasteiger partial charge on any atom is 0.488 e. The van der Waals surface area contributed by atoms with Crippen LogP contribution in [0, 0.1) is 0 Å². The fourth-order valence-electron chi connectivity index (χ4n) is 1.00. The molecule has 0 bridgehead atoms. The molecule has 0 aromatic heterocycles. The summed E-state index contributed by atoms with van der Waals surface area (Å²) in [7, 11) is -3.51. The van der Waals surface area contributed by atoms with Crippen LogP contribution < -0.4 is 10.9 Å². The highest BCUT2D eigenvalue weighted by Crippen LogP contribution is 2.03. The van der Waals surface area contributed by atoms with E-state index < -0.39 is 14.2 Å². The largest absolute Gasteiger partial charge is 0.488 e. The number of hydrogen-bond acceptors (Lipinski definition) is 4. The van der Waals surface area contributed by atoms with Gasteiger partial charge in [-0.1, -0.05) is 17.7 Å². The van der Waals surface area contributed by atoms with Crippen LogP contribution in [-0.2, 0) is 0 Å². The predicted molar refractivity (Wildman–Crippen MR) is 51.1 cm³/mol. The summed E-state index contributed by atoms with van der Waals surface area (Å²) in [4.78, 5) is 0. The van der Waals surface area contributed by atoms with E-state index >= 15 is 0 Å². The zero-order valence-corrected chi connectivity index (χ0v) is 7.31. The van der Waals surface area contributed by atoms with E-state index in [-0.39, 0.29) is 10.9 Å². The van der Waals surface area contributed by atoms with Crippen molar-refractivity contribution >= 4 is 36.8 Å². The zero-order chi connectivity index (χ0) is 10.0. The molecular weight excluding hydrogens is 193 g/mol. The van der Waals surface area contributed by atoms with E-state index in [1.165, 1.54) is 18.2 Å². The minimum Gasteiger partial charge on any atom is -0.423 e. The van der Waals surface area contributed by atoms with Gasteiger partial charge < -0.3 is 20.1 Å². The molecule has 68 valence electrons. The van der Waals surface area contributed by atoms with E-state index in [0.717, 1.165) is 0 Å². The van der Waals surface area contributed by atoms with Crippen molar-refractivity contribution in [3.63, 3.8) is 0 Å². The Morgan fingerprint density at radius 1 is 0.923 bits per heavy atom. The molecule has 4 nitrogen and oxygen atoms in total. The lowest BCUT2D eigenvalue weighted by Crippen LogP contribution is -2.49. The zero-order valence-electron chi connectivity index (χ0n) is 6.55. The third-order valence-electron chi connectivity index (χ3n) is 1.61. The van der Waals surface area contributed by atoms with E-state index in [1.54, 1.807) is 0 Å². The van der Waals surface area contributed by atoms with Crippen molar-refractivity contribution < 1.29 is 20.1 Å². The van der Waals surface area contributed by atoms with Gasteiger partial charge in [-0.15, -0.1) is 0 Å². The van der Waals surface area contributed by atoms with E-state index in [2.05, 4.69) is 0 Å². The van der Waals surface area contributed by atoms with E-state index in [1.807, 2.05) is 0 Å². The smallest absolute Gasteiger partial charge is 0.423 e. The second-order valence-corrected chi connectivity index (χ2v) is 2.96. The Bertz CT molecular complexity index is 305. The SMILES string of the molecule is OB(O)c1ccc(Cl)cc1B(O)O. The van der Waals surface area contributed by atoms with Gasteiger partial charge >= 0.3 is 14.2 Å². The van der Waals surface area contributed by atoms with Crippen molar-refractivity contribution in [2.24, 2.45) is 0 Å². The van der Waals surface area contributed by atoms with Crippen molar-refractivity contribution in [3.8, 4) is 0 Å². The maximum absolute atomic E-state index is 8.85. The number of hydrogen-bond donors (Lipinski definition) is 4. The molecule has 0 amide bonds. The molecule has 0 unspecified atom stereocenters. The van der Waals surface area contributed by atoms with Gasteiger partial charge in [0.25, 0.3) is 0 Å².